The van der Waals surface area contributed by atoms with Crippen LogP contribution in [0, 0.1) is 11.3 Å². The van der Waals surface area contributed by atoms with Crippen LogP contribution >= 0.6 is 11.3 Å². The third-order valence-electron chi connectivity index (χ3n) is 1.15. The third-order valence-corrected chi connectivity index (χ3v) is 4.16. The Bertz CT molecular complexity index is 414. The molecule has 0 aliphatic carbocycles. The molecule has 0 unspecified atom stereocenters. The van der Waals surface area contributed by atoms with Crippen molar-refractivity contribution in [2.75, 3.05) is 5.75 Å². The quantitative estimate of drug-likeness (QED) is 0.685. The highest BCUT2D eigenvalue weighted by atomic mass is 32.2. The largest absolute Gasteiger partial charge is 0.233 e. The molecule has 0 aliphatic heterocycles. The van der Waals surface area contributed by atoms with E-state index in [4.69, 9.17) is 5.26 Å². The Hall–Kier alpha value is -1.00. The number of aromatic nitrogens is 2. The second-order valence-corrected chi connectivity index (χ2v) is 5.32. The molecule has 64 valence electrons. The molecule has 1 aromatic rings. The van der Waals surface area contributed by atoms with E-state index in [1.54, 1.807) is 6.07 Å². The van der Waals surface area contributed by atoms with Crippen LogP contribution in [0.25, 0.3) is 0 Å². The van der Waals surface area contributed by atoms with Crippen LogP contribution in [-0.2, 0) is 9.84 Å². The maximum Gasteiger partial charge on any atom is 0.233 e. The lowest BCUT2D eigenvalue weighted by molar-refractivity contribution is 0.595. The van der Waals surface area contributed by atoms with Gasteiger partial charge in [0.2, 0.25) is 19.2 Å². The first-order valence-corrected chi connectivity index (χ1v) is 5.53. The Balaban J connectivity index is 3.16. The van der Waals surface area contributed by atoms with Gasteiger partial charge in [-0.05, 0) is 0 Å². The van der Waals surface area contributed by atoms with Gasteiger partial charge in [0, 0.05) is 0 Å². The zero-order chi connectivity index (χ0) is 9.19. The molecular weight excluding hydrogens is 198 g/mol. The minimum Gasteiger partial charge on any atom is -0.221 e. The van der Waals surface area contributed by atoms with Gasteiger partial charge >= 0.3 is 0 Å². The SMILES string of the molecule is CCS(=O)(=O)c1nnc(C#N)s1. The summed E-state index contributed by atoms with van der Waals surface area (Å²) in [4.78, 5) is 0. The average molecular weight is 203 g/mol. The molecule has 7 heteroatoms. The van der Waals surface area contributed by atoms with Gasteiger partial charge < -0.3 is 0 Å². The van der Waals surface area contributed by atoms with E-state index in [1.807, 2.05) is 0 Å². The first-order valence-electron chi connectivity index (χ1n) is 3.06. The second kappa shape index (κ2) is 3.16. The van der Waals surface area contributed by atoms with Crippen molar-refractivity contribution in [2.45, 2.75) is 11.3 Å². The third kappa shape index (κ3) is 1.60. The number of rotatable bonds is 2. The molecule has 0 spiro atoms. The van der Waals surface area contributed by atoms with E-state index in [0.717, 1.165) is 11.3 Å². The number of sulfone groups is 1. The van der Waals surface area contributed by atoms with Crippen LogP contribution in [0.1, 0.15) is 11.9 Å². The first kappa shape index (κ1) is 9.09. The summed E-state index contributed by atoms with van der Waals surface area (Å²) in [5.41, 5.74) is 0. The van der Waals surface area contributed by atoms with Gasteiger partial charge in [0.05, 0.1) is 5.75 Å². The van der Waals surface area contributed by atoms with E-state index in [-0.39, 0.29) is 15.1 Å². The van der Waals surface area contributed by atoms with Gasteiger partial charge in [-0.25, -0.2) is 8.42 Å². The summed E-state index contributed by atoms with van der Waals surface area (Å²) in [5, 5.41) is 15.2. The molecule has 0 radical (unpaired) electrons. The molecule has 0 saturated carbocycles. The smallest absolute Gasteiger partial charge is 0.221 e. The van der Waals surface area contributed by atoms with E-state index < -0.39 is 9.84 Å². The fourth-order valence-electron chi connectivity index (χ4n) is 0.504. The van der Waals surface area contributed by atoms with Crippen molar-refractivity contribution in [3.63, 3.8) is 0 Å². The predicted octanol–water partition coefficient (Wildman–Crippen LogP) is 0.203. The van der Waals surface area contributed by atoms with Crippen molar-refractivity contribution in [2.24, 2.45) is 0 Å². The fourth-order valence-corrected chi connectivity index (χ4v) is 2.39. The first-order chi connectivity index (χ1) is 5.60. The van der Waals surface area contributed by atoms with Gasteiger partial charge in [-0.15, -0.1) is 10.2 Å². The van der Waals surface area contributed by atoms with Crippen molar-refractivity contribution in [1.82, 2.24) is 10.2 Å². The molecule has 0 saturated heterocycles. The van der Waals surface area contributed by atoms with Crippen molar-refractivity contribution < 1.29 is 8.42 Å². The molecule has 5 nitrogen and oxygen atoms in total. The lowest BCUT2D eigenvalue weighted by Crippen LogP contribution is -2.02. The summed E-state index contributed by atoms with van der Waals surface area (Å²) in [6.45, 7) is 1.52. The molecule has 1 heterocycles. The Morgan fingerprint density at radius 3 is 2.67 bits per heavy atom. The lowest BCUT2D eigenvalue weighted by atomic mass is 10.8. The number of nitrogens with zero attached hydrogens (tertiary/aromatic N) is 3. The zero-order valence-electron chi connectivity index (χ0n) is 6.18. The van der Waals surface area contributed by atoms with Crippen LogP contribution in [0.3, 0.4) is 0 Å². The predicted molar refractivity (Wildman–Crippen MR) is 42.4 cm³/mol. The van der Waals surface area contributed by atoms with Gasteiger partial charge in [0.1, 0.15) is 6.07 Å². The number of nitriles is 1. The molecule has 0 amide bonds. The standard InChI is InChI=1S/C5H5N3O2S2/c1-2-12(9,10)5-8-7-4(3-6)11-5/h2H2,1H3. The molecule has 0 aromatic carbocycles. The maximum atomic E-state index is 11.1. The summed E-state index contributed by atoms with van der Waals surface area (Å²) < 4.78 is 22.2. The van der Waals surface area contributed by atoms with Crippen LogP contribution in [0.2, 0.25) is 0 Å². The van der Waals surface area contributed by atoms with Crippen molar-refractivity contribution in [1.29, 1.82) is 5.26 Å². The van der Waals surface area contributed by atoms with E-state index in [9.17, 15) is 8.42 Å². The van der Waals surface area contributed by atoms with E-state index in [0.29, 0.717) is 0 Å². The fraction of sp³-hybridized carbons (Fsp3) is 0.400. The molecule has 0 aliphatic rings. The van der Waals surface area contributed by atoms with Crippen molar-refractivity contribution in [3.05, 3.63) is 5.01 Å². The molecule has 12 heavy (non-hydrogen) atoms. The maximum absolute atomic E-state index is 11.1. The molecular formula is C5H5N3O2S2. The van der Waals surface area contributed by atoms with E-state index >= 15 is 0 Å². The summed E-state index contributed by atoms with van der Waals surface area (Å²) in [7, 11) is -3.29. The zero-order valence-corrected chi connectivity index (χ0v) is 7.81. The number of hydrogen-bond acceptors (Lipinski definition) is 6. The summed E-state index contributed by atoms with van der Waals surface area (Å²) in [6, 6.07) is 1.72. The lowest BCUT2D eigenvalue weighted by Gasteiger charge is -1.89. The summed E-state index contributed by atoms with van der Waals surface area (Å²) in [5.74, 6) is -0.0208. The van der Waals surface area contributed by atoms with Crippen LogP contribution in [0.4, 0.5) is 0 Å². The Labute approximate surface area is 73.6 Å². The summed E-state index contributed by atoms with van der Waals surface area (Å²) >= 11 is 0.793. The van der Waals surface area contributed by atoms with E-state index in [1.165, 1.54) is 6.92 Å². The molecule has 0 atom stereocenters. The second-order valence-electron chi connectivity index (χ2n) is 1.89. The number of hydrogen-bond donors (Lipinski definition) is 0. The van der Waals surface area contributed by atoms with Gasteiger partial charge in [0.15, 0.2) is 0 Å². The van der Waals surface area contributed by atoms with Gasteiger partial charge in [-0.1, -0.05) is 18.3 Å². The average Bonchev–Trinajstić information content (AvgIpc) is 2.52. The Morgan fingerprint density at radius 2 is 2.25 bits per heavy atom. The van der Waals surface area contributed by atoms with Crippen molar-refractivity contribution in [3.8, 4) is 6.07 Å². The molecule has 1 rings (SSSR count). The Kier molecular flexibility index (Phi) is 2.40. The van der Waals surface area contributed by atoms with Crippen LogP contribution in [-0.4, -0.2) is 24.4 Å². The molecule has 1 aromatic heterocycles. The molecule has 0 fully saturated rings. The van der Waals surface area contributed by atoms with Gasteiger partial charge in [-0.3, -0.25) is 0 Å². The molecule has 0 N–H and O–H groups in total. The van der Waals surface area contributed by atoms with Crippen LogP contribution < -0.4 is 0 Å². The monoisotopic (exact) mass is 203 g/mol. The minimum absolute atomic E-state index is 0.0208. The highest BCUT2D eigenvalue weighted by Crippen LogP contribution is 2.15. The molecule has 0 bridgehead atoms. The van der Waals surface area contributed by atoms with Crippen LogP contribution in [0.5, 0.6) is 0 Å². The van der Waals surface area contributed by atoms with Crippen molar-refractivity contribution >= 4 is 21.2 Å². The minimum atomic E-state index is -3.29. The highest BCUT2D eigenvalue weighted by Gasteiger charge is 2.17. The Morgan fingerprint density at radius 1 is 1.58 bits per heavy atom. The van der Waals surface area contributed by atoms with Gasteiger partial charge in [0.25, 0.3) is 0 Å². The highest BCUT2D eigenvalue weighted by molar-refractivity contribution is 7.93. The van der Waals surface area contributed by atoms with Gasteiger partial charge in [-0.2, -0.15) is 5.26 Å². The summed E-state index contributed by atoms with van der Waals surface area (Å²) in [6.07, 6.45) is 0. The topological polar surface area (TPSA) is 83.7 Å². The van der Waals surface area contributed by atoms with Crippen LogP contribution in [0.15, 0.2) is 4.34 Å². The van der Waals surface area contributed by atoms with E-state index in [2.05, 4.69) is 10.2 Å². The normalized spacial score (nSPS) is 11.0.